The average molecular weight is 408 g/mol. The summed E-state index contributed by atoms with van der Waals surface area (Å²) in [6, 6.07) is 7.32. The number of phenolic OH excluding ortho intramolecular Hbond substituents is 1. The normalized spacial score (nSPS) is 19.3. The molecule has 1 aromatic carbocycles. The molecule has 6 heteroatoms. The molecular weight excluding hydrogens is 374 g/mol. The SMILES string of the molecule is CN(C(=N)/C=C\C(=N)c1cc2cccnc2cc1O)C1CC(C)(C)N(C)C(C)(C)C1. The number of benzene rings is 1. The summed E-state index contributed by atoms with van der Waals surface area (Å²) >= 11 is 0. The van der Waals surface area contributed by atoms with Gasteiger partial charge in [0.15, 0.2) is 0 Å². The number of piperidine rings is 1. The molecule has 3 N–H and O–H groups in total. The van der Waals surface area contributed by atoms with Gasteiger partial charge in [-0.2, -0.15) is 0 Å². The molecule has 0 unspecified atom stereocenters. The predicted octanol–water partition coefficient (Wildman–Crippen LogP) is 4.42. The highest BCUT2D eigenvalue weighted by atomic mass is 16.3. The smallest absolute Gasteiger partial charge is 0.127 e. The van der Waals surface area contributed by atoms with Crippen LogP contribution < -0.4 is 0 Å². The van der Waals surface area contributed by atoms with E-state index in [0.29, 0.717) is 16.9 Å². The summed E-state index contributed by atoms with van der Waals surface area (Å²) in [7, 11) is 4.13. The molecule has 30 heavy (non-hydrogen) atoms. The molecule has 0 atom stereocenters. The number of amidine groups is 1. The zero-order chi connectivity index (χ0) is 22.3. The average Bonchev–Trinajstić information content (AvgIpc) is 2.68. The van der Waals surface area contributed by atoms with E-state index in [2.05, 4.69) is 44.6 Å². The van der Waals surface area contributed by atoms with Crippen LogP contribution >= 0.6 is 0 Å². The van der Waals surface area contributed by atoms with Crippen molar-refractivity contribution in [2.75, 3.05) is 14.1 Å². The largest absolute Gasteiger partial charge is 0.507 e. The van der Waals surface area contributed by atoms with Crippen LogP contribution in [0.4, 0.5) is 0 Å². The summed E-state index contributed by atoms with van der Waals surface area (Å²) in [5.74, 6) is 0.386. The minimum absolute atomic E-state index is 0.0227. The van der Waals surface area contributed by atoms with E-state index < -0.39 is 0 Å². The molecule has 0 radical (unpaired) electrons. The minimum Gasteiger partial charge on any atom is -0.507 e. The number of likely N-dealkylation sites (tertiary alicyclic amines) is 1. The molecule has 0 amide bonds. The van der Waals surface area contributed by atoms with Gasteiger partial charge >= 0.3 is 0 Å². The Kier molecular flexibility index (Phi) is 5.74. The first-order chi connectivity index (χ1) is 13.9. The minimum atomic E-state index is 0.0227. The summed E-state index contributed by atoms with van der Waals surface area (Å²) in [6.45, 7) is 9.00. The third-order valence-corrected chi connectivity index (χ3v) is 6.63. The zero-order valence-corrected chi connectivity index (χ0v) is 18.8. The first-order valence-corrected chi connectivity index (χ1v) is 10.3. The number of nitrogens with one attached hydrogen (secondary N) is 2. The van der Waals surface area contributed by atoms with Gasteiger partial charge in [-0.3, -0.25) is 15.3 Å². The second kappa shape index (κ2) is 7.84. The monoisotopic (exact) mass is 407 g/mol. The molecule has 2 heterocycles. The summed E-state index contributed by atoms with van der Waals surface area (Å²) in [6.07, 6.45) is 6.84. The van der Waals surface area contributed by atoms with Crippen LogP contribution in [0.3, 0.4) is 0 Å². The lowest BCUT2D eigenvalue weighted by atomic mass is 9.77. The fourth-order valence-electron chi connectivity index (χ4n) is 4.48. The molecule has 1 aliphatic rings. The van der Waals surface area contributed by atoms with E-state index >= 15 is 0 Å². The maximum absolute atomic E-state index is 10.3. The Hall–Kier alpha value is -2.73. The zero-order valence-electron chi connectivity index (χ0n) is 18.8. The quantitative estimate of drug-likeness (QED) is 0.517. The summed E-state index contributed by atoms with van der Waals surface area (Å²) in [5.41, 5.74) is 1.38. The number of nitrogens with zero attached hydrogens (tertiary/aromatic N) is 3. The third-order valence-electron chi connectivity index (χ3n) is 6.63. The van der Waals surface area contributed by atoms with Crippen molar-refractivity contribution in [2.45, 2.75) is 57.7 Å². The molecular formula is C24H33N5O. The van der Waals surface area contributed by atoms with Crippen molar-refractivity contribution >= 4 is 22.5 Å². The fraction of sp³-hybridized carbons (Fsp3) is 0.458. The number of rotatable bonds is 4. The number of likely N-dealkylation sites (N-methyl/N-ethyl adjacent to an activating group) is 1. The van der Waals surface area contributed by atoms with Crippen molar-refractivity contribution in [3.05, 3.63) is 48.2 Å². The summed E-state index contributed by atoms with van der Waals surface area (Å²) in [4.78, 5) is 8.66. The van der Waals surface area contributed by atoms with E-state index in [4.69, 9.17) is 10.8 Å². The number of phenols is 1. The van der Waals surface area contributed by atoms with Crippen LogP contribution in [0.5, 0.6) is 5.75 Å². The first-order valence-electron chi connectivity index (χ1n) is 10.3. The number of fused-ring (bicyclic) bond motifs is 1. The van der Waals surface area contributed by atoms with E-state index in [9.17, 15) is 5.11 Å². The highest BCUT2D eigenvalue weighted by Crippen LogP contribution is 2.38. The first kappa shape index (κ1) is 22.0. The number of aromatic nitrogens is 1. The van der Waals surface area contributed by atoms with Gasteiger partial charge in [0.2, 0.25) is 0 Å². The van der Waals surface area contributed by atoms with E-state index in [-0.39, 0.29) is 28.6 Å². The molecule has 0 saturated carbocycles. The van der Waals surface area contributed by atoms with Crippen LogP contribution in [0.1, 0.15) is 46.1 Å². The highest BCUT2D eigenvalue weighted by molar-refractivity contribution is 6.12. The number of aromatic hydroxyl groups is 1. The van der Waals surface area contributed by atoms with Crippen LogP contribution in [-0.4, -0.2) is 62.7 Å². The molecule has 0 bridgehead atoms. The van der Waals surface area contributed by atoms with Gasteiger partial charge in [0, 0.05) is 47.4 Å². The molecule has 1 fully saturated rings. The van der Waals surface area contributed by atoms with Crippen molar-refractivity contribution < 1.29 is 5.11 Å². The Bertz CT molecular complexity index is 990. The Morgan fingerprint density at radius 2 is 1.80 bits per heavy atom. The van der Waals surface area contributed by atoms with E-state index in [1.54, 1.807) is 30.5 Å². The van der Waals surface area contributed by atoms with Crippen molar-refractivity contribution in [1.82, 2.24) is 14.8 Å². The Morgan fingerprint density at radius 1 is 1.17 bits per heavy atom. The Labute approximate surface area is 179 Å². The van der Waals surface area contributed by atoms with Crippen LogP contribution in [-0.2, 0) is 0 Å². The predicted molar refractivity (Wildman–Crippen MR) is 124 cm³/mol. The number of hydrogen-bond acceptors (Lipinski definition) is 5. The number of pyridine rings is 1. The molecule has 0 spiro atoms. The van der Waals surface area contributed by atoms with Gasteiger partial charge in [0.05, 0.1) is 11.2 Å². The molecule has 1 saturated heterocycles. The van der Waals surface area contributed by atoms with Crippen molar-refractivity contribution in [3.63, 3.8) is 0 Å². The third kappa shape index (κ3) is 4.24. The van der Waals surface area contributed by atoms with Gasteiger partial charge in [0.1, 0.15) is 11.6 Å². The van der Waals surface area contributed by atoms with Crippen molar-refractivity contribution in [1.29, 1.82) is 10.8 Å². The second-order valence-corrected chi connectivity index (χ2v) is 9.55. The topological polar surface area (TPSA) is 87.3 Å². The van der Waals surface area contributed by atoms with E-state index in [1.165, 1.54) is 0 Å². The number of hydrogen-bond donors (Lipinski definition) is 3. The van der Waals surface area contributed by atoms with Gasteiger partial charge < -0.3 is 15.4 Å². The maximum Gasteiger partial charge on any atom is 0.127 e. The number of allylic oxidation sites excluding steroid dienone is 1. The fourth-order valence-corrected chi connectivity index (χ4v) is 4.48. The standard InChI is InChI=1S/C24H33N5O/c1-23(2)14-17(15-24(3,4)29(23)6)28(5)22(26)10-9-19(25)18-12-16-8-7-11-27-20(16)13-21(18)30/h7-13,17,25-26,30H,14-15H2,1-6H3/b10-9-,25-19?,26-22?. The lowest BCUT2D eigenvalue weighted by molar-refractivity contribution is -0.0313. The molecule has 1 aromatic heterocycles. The van der Waals surface area contributed by atoms with Gasteiger partial charge in [-0.25, -0.2) is 0 Å². The molecule has 1 aliphatic heterocycles. The molecule has 3 rings (SSSR count). The van der Waals surface area contributed by atoms with Crippen LogP contribution in [0.15, 0.2) is 42.6 Å². The Morgan fingerprint density at radius 3 is 2.43 bits per heavy atom. The molecule has 2 aromatic rings. The Balaban J connectivity index is 1.75. The van der Waals surface area contributed by atoms with Gasteiger partial charge in [-0.1, -0.05) is 6.07 Å². The van der Waals surface area contributed by atoms with Crippen LogP contribution in [0.25, 0.3) is 10.9 Å². The van der Waals surface area contributed by atoms with Gasteiger partial charge in [0.25, 0.3) is 0 Å². The second-order valence-electron chi connectivity index (χ2n) is 9.55. The van der Waals surface area contributed by atoms with Gasteiger partial charge in [-0.05, 0) is 71.9 Å². The summed E-state index contributed by atoms with van der Waals surface area (Å²) < 4.78 is 0. The van der Waals surface area contributed by atoms with E-state index in [1.807, 2.05) is 24.1 Å². The van der Waals surface area contributed by atoms with Crippen molar-refractivity contribution in [3.8, 4) is 5.75 Å². The molecule has 0 aliphatic carbocycles. The van der Waals surface area contributed by atoms with Crippen molar-refractivity contribution in [2.24, 2.45) is 0 Å². The molecule has 6 nitrogen and oxygen atoms in total. The van der Waals surface area contributed by atoms with Gasteiger partial charge in [-0.15, -0.1) is 0 Å². The van der Waals surface area contributed by atoms with Crippen LogP contribution in [0, 0.1) is 10.8 Å². The lowest BCUT2D eigenvalue weighted by Gasteiger charge is -2.55. The summed E-state index contributed by atoms with van der Waals surface area (Å²) in [5, 5.41) is 28.1. The highest BCUT2D eigenvalue weighted by Gasteiger charge is 2.44. The lowest BCUT2D eigenvalue weighted by Crippen LogP contribution is -2.62. The van der Waals surface area contributed by atoms with Crippen LogP contribution in [0.2, 0.25) is 0 Å². The molecule has 160 valence electrons. The maximum atomic E-state index is 10.3. The van der Waals surface area contributed by atoms with E-state index in [0.717, 1.165) is 18.2 Å².